The number of thiophene rings is 1. The summed E-state index contributed by atoms with van der Waals surface area (Å²) in [7, 11) is 0. The average Bonchev–Trinajstić information content (AvgIpc) is 3.10. The fraction of sp³-hybridized carbons (Fsp3) is 0.235. The maximum atomic E-state index is 12.6. The van der Waals surface area contributed by atoms with Crippen molar-refractivity contribution in [1.29, 1.82) is 0 Å². The third-order valence-electron chi connectivity index (χ3n) is 3.47. The number of nitrogens with one attached hydrogen (secondary N) is 1. The van der Waals surface area contributed by atoms with E-state index in [9.17, 15) is 4.79 Å². The maximum absolute atomic E-state index is 12.6. The summed E-state index contributed by atoms with van der Waals surface area (Å²) in [6.07, 6.45) is 0. The minimum Gasteiger partial charge on any atom is -0.324 e. The van der Waals surface area contributed by atoms with E-state index >= 15 is 0 Å². The largest absolute Gasteiger partial charge is 0.324 e. The SMILES string of the molecule is CCn1c(Nc2ccc(C)cc2)nnc(SCc2cccs2)c1=O. The normalized spacial score (nSPS) is 10.8. The minimum atomic E-state index is -0.108. The smallest absolute Gasteiger partial charge is 0.287 e. The molecule has 0 aliphatic heterocycles. The van der Waals surface area contributed by atoms with Gasteiger partial charge in [0.2, 0.25) is 5.95 Å². The molecule has 0 radical (unpaired) electrons. The number of rotatable bonds is 6. The molecular weight excluding hydrogens is 340 g/mol. The van der Waals surface area contributed by atoms with Crippen molar-refractivity contribution < 1.29 is 0 Å². The summed E-state index contributed by atoms with van der Waals surface area (Å²) in [6.45, 7) is 4.50. The molecule has 2 aromatic heterocycles. The van der Waals surface area contributed by atoms with Crippen LogP contribution in [0.25, 0.3) is 0 Å². The Hall–Kier alpha value is -2.12. The van der Waals surface area contributed by atoms with Crippen LogP contribution in [0.4, 0.5) is 11.6 Å². The van der Waals surface area contributed by atoms with Gasteiger partial charge in [-0.2, -0.15) is 0 Å². The predicted octanol–water partition coefficient (Wildman–Crippen LogP) is 4.06. The maximum Gasteiger partial charge on any atom is 0.287 e. The summed E-state index contributed by atoms with van der Waals surface area (Å²) < 4.78 is 1.61. The monoisotopic (exact) mass is 358 g/mol. The molecule has 24 heavy (non-hydrogen) atoms. The van der Waals surface area contributed by atoms with Crippen molar-refractivity contribution in [2.45, 2.75) is 31.2 Å². The molecule has 0 aliphatic carbocycles. The topological polar surface area (TPSA) is 59.8 Å². The van der Waals surface area contributed by atoms with E-state index in [4.69, 9.17) is 0 Å². The lowest BCUT2D eigenvalue weighted by Crippen LogP contribution is -2.26. The molecule has 5 nitrogen and oxygen atoms in total. The summed E-state index contributed by atoms with van der Waals surface area (Å²) in [6, 6.07) is 12.0. The van der Waals surface area contributed by atoms with E-state index in [1.807, 2.05) is 49.6 Å². The number of benzene rings is 1. The van der Waals surface area contributed by atoms with Crippen molar-refractivity contribution in [3.05, 3.63) is 62.6 Å². The van der Waals surface area contributed by atoms with Crippen LogP contribution in [0.2, 0.25) is 0 Å². The van der Waals surface area contributed by atoms with E-state index in [0.29, 0.717) is 17.5 Å². The highest BCUT2D eigenvalue weighted by atomic mass is 32.2. The number of thioether (sulfide) groups is 1. The van der Waals surface area contributed by atoms with Gasteiger partial charge in [0, 0.05) is 22.9 Å². The van der Waals surface area contributed by atoms with Gasteiger partial charge in [0.1, 0.15) is 0 Å². The molecule has 0 amide bonds. The quantitative estimate of drug-likeness (QED) is 0.673. The van der Waals surface area contributed by atoms with Crippen LogP contribution in [0.5, 0.6) is 0 Å². The molecule has 0 saturated heterocycles. The second-order valence-electron chi connectivity index (χ2n) is 5.24. The summed E-state index contributed by atoms with van der Waals surface area (Å²) >= 11 is 3.10. The molecule has 1 aromatic carbocycles. The Kier molecular flexibility index (Phi) is 5.32. The van der Waals surface area contributed by atoms with Crippen molar-refractivity contribution in [2.75, 3.05) is 5.32 Å². The van der Waals surface area contributed by atoms with Crippen LogP contribution in [-0.4, -0.2) is 14.8 Å². The third-order valence-corrected chi connectivity index (χ3v) is 5.52. The van der Waals surface area contributed by atoms with E-state index in [1.54, 1.807) is 15.9 Å². The van der Waals surface area contributed by atoms with Gasteiger partial charge in [0.05, 0.1) is 0 Å². The van der Waals surface area contributed by atoms with Crippen LogP contribution < -0.4 is 10.9 Å². The minimum absolute atomic E-state index is 0.108. The molecule has 3 rings (SSSR count). The van der Waals surface area contributed by atoms with E-state index in [0.717, 1.165) is 11.4 Å². The second-order valence-corrected chi connectivity index (χ2v) is 7.23. The number of aromatic nitrogens is 3. The molecule has 0 bridgehead atoms. The Morgan fingerprint density at radius 3 is 2.67 bits per heavy atom. The standard InChI is InChI=1S/C17H18N4OS2/c1-3-21-16(22)15(24-11-14-5-4-10-23-14)19-20-17(21)18-13-8-6-12(2)7-9-13/h4-10H,3,11H2,1-2H3,(H,18,20). The van der Waals surface area contributed by atoms with Gasteiger partial charge in [0.15, 0.2) is 5.03 Å². The summed E-state index contributed by atoms with van der Waals surface area (Å²) in [5.74, 6) is 1.20. The molecular formula is C17H18N4OS2. The van der Waals surface area contributed by atoms with E-state index < -0.39 is 0 Å². The number of hydrogen-bond acceptors (Lipinski definition) is 6. The Labute approximate surface area is 148 Å². The fourth-order valence-electron chi connectivity index (χ4n) is 2.18. The van der Waals surface area contributed by atoms with Gasteiger partial charge in [0.25, 0.3) is 5.56 Å². The molecule has 124 valence electrons. The zero-order valence-electron chi connectivity index (χ0n) is 13.5. The highest BCUT2D eigenvalue weighted by Gasteiger charge is 2.12. The van der Waals surface area contributed by atoms with E-state index in [2.05, 4.69) is 21.6 Å². The fourth-order valence-corrected chi connectivity index (χ4v) is 3.82. The summed E-state index contributed by atoms with van der Waals surface area (Å²) in [4.78, 5) is 13.8. The van der Waals surface area contributed by atoms with Crippen LogP contribution >= 0.6 is 23.1 Å². The van der Waals surface area contributed by atoms with Gasteiger partial charge in [-0.15, -0.1) is 21.5 Å². The van der Waals surface area contributed by atoms with E-state index in [1.165, 1.54) is 22.2 Å². The number of anilines is 2. The number of aryl methyl sites for hydroxylation is 1. The Balaban J connectivity index is 1.82. The van der Waals surface area contributed by atoms with E-state index in [-0.39, 0.29) is 5.56 Å². The Morgan fingerprint density at radius 1 is 1.21 bits per heavy atom. The van der Waals surface area contributed by atoms with Crippen molar-refractivity contribution in [2.24, 2.45) is 0 Å². The molecule has 3 aromatic rings. The highest BCUT2D eigenvalue weighted by molar-refractivity contribution is 7.98. The van der Waals surface area contributed by atoms with Crippen LogP contribution in [-0.2, 0) is 12.3 Å². The van der Waals surface area contributed by atoms with Crippen LogP contribution in [0.15, 0.2) is 51.6 Å². The lowest BCUT2D eigenvalue weighted by Gasteiger charge is -2.12. The van der Waals surface area contributed by atoms with Gasteiger partial charge < -0.3 is 5.32 Å². The van der Waals surface area contributed by atoms with Gasteiger partial charge >= 0.3 is 0 Å². The molecule has 0 aliphatic rings. The van der Waals surface area contributed by atoms with Gasteiger partial charge in [-0.05, 0) is 37.4 Å². The first-order chi connectivity index (χ1) is 11.7. The van der Waals surface area contributed by atoms with Crippen LogP contribution in [0, 0.1) is 6.92 Å². The first kappa shape index (κ1) is 16.7. The molecule has 0 unspecified atom stereocenters. The first-order valence-corrected chi connectivity index (χ1v) is 9.50. The molecule has 0 spiro atoms. The van der Waals surface area contributed by atoms with Crippen molar-refractivity contribution >= 4 is 34.7 Å². The molecule has 2 heterocycles. The predicted molar refractivity (Wildman–Crippen MR) is 100 cm³/mol. The Morgan fingerprint density at radius 2 is 2.00 bits per heavy atom. The lowest BCUT2D eigenvalue weighted by molar-refractivity contribution is 0.662. The Bertz CT molecular complexity index is 857. The summed E-state index contributed by atoms with van der Waals surface area (Å²) in [5, 5.41) is 14.0. The highest BCUT2D eigenvalue weighted by Crippen LogP contribution is 2.22. The van der Waals surface area contributed by atoms with Crippen molar-refractivity contribution in [3.8, 4) is 0 Å². The zero-order valence-corrected chi connectivity index (χ0v) is 15.2. The summed E-state index contributed by atoms with van der Waals surface area (Å²) in [5.41, 5.74) is 1.96. The van der Waals surface area contributed by atoms with Crippen LogP contribution in [0.3, 0.4) is 0 Å². The third kappa shape index (κ3) is 3.85. The second kappa shape index (κ2) is 7.63. The van der Waals surface area contributed by atoms with Gasteiger partial charge in [-0.3, -0.25) is 9.36 Å². The molecule has 0 fully saturated rings. The van der Waals surface area contributed by atoms with Crippen molar-refractivity contribution in [1.82, 2.24) is 14.8 Å². The number of nitrogens with zero attached hydrogens (tertiary/aromatic N) is 3. The molecule has 0 saturated carbocycles. The molecule has 0 atom stereocenters. The molecule has 7 heteroatoms. The van der Waals surface area contributed by atoms with Gasteiger partial charge in [-0.25, -0.2) is 0 Å². The first-order valence-electron chi connectivity index (χ1n) is 7.63. The number of hydrogen-bond donors (Lipinski definition) is 1. The zero-order chi connectivity index (χ0) is 16.9. The van der Waals surface area contributed by atoms with Crippen LogP contribution in [0.1, 0.15) is 17.4 Å². The average molecular weight is 358 g/mol. The lowest BCUT2D eigenvalue weighted by atomic mass is 10.2. The van der Waals surface area contributed by atoms with Gasteiger partial charge in [-0.1, -0.05) is 35.5 Å². The van der Waals surface area contributed by atoms with Crippen molar-refractivity contribution in [3.63, 3.8) is 0 Å². The molecule has 1 N–H and O–H groups in total.